The zero-order valence-corrected chi connectivity index (χ0v) is 13.8. The van der Waals surface area contributed by atoms with Crippen molar-refractivity contribution in [1.29, 1.82) is 0 Å². The summed E-state index contributed by atoms with van der Waals surface area (Å²) in [6.07, 6.45) is 0. The van der Waals surface area contributed by atoms with Gasteiger partial charge in [-0.25, -0.2) is 0 Å². The molecule has 0 bridgehead atoms. The molecule has 0 amide bonds. The van der Waals surface area contributed by atoms with Crippen molar-refractivity contribution in [3.05, 3.63) is 62.0 Å². The van der Waals surface area contributed by atoms with Gasteiger partial charge in [-0.3, -0.25) is 0 Å². The van der Waals surface area contributed by atoms with E-state index in [-0.39, 0.29) is 12.4 Å². The molecule has 110 valence electrons. The van der Waals surface area contributed by atoms with Crippen molar-refractivity contribution in [2.45, 2.75) is 6.61 Å². The van der Waals surface area contributed by atoms with Crippen molar-refractivity contribution in [3.8, 4) is 5.75 Å². The van der Waals surface area contributed by atoms with E-state index >= 15 is 0 Å². The lowest BCUT2D eigenvalue weighted by atomic mass is 10.2. The minimum absolute atomic E-state index is 0.0384. The Hall–Kier alpha value is -1.43. The molecule has 21 heavy (non-hydrogen) atoms. The largest absolute Gasteiger partial charge is 0.488 e. The molecule has 0 saturated carbocycles. The normalized spacial score (nSPS) is 11.5. The summed E-state index contributed by atoms with van der Waals surface area (Å²) in [6.45, 7) is 0.215. The summed E-state index contributed by atoms with van der Waals surface area (Å²) in [5.74, 6) is 0.438. The van der Waals surface area contributed by atoms with Gasteiger partial charge in [-0.15, -0.1) is 0 Å². The van der Waals surface area contributed by atoms with E-state index in [0.29, 0.717) is 21.4 Å². The molecular weight excluding hydrogens is 379 g/mol. The molecule has 7 heteroatoms. The molecule has 3 N–H and O–H groups in total. The van der Waals surface area contributed by atoms with E-state index < -0.39 is 0 Å². The number of benzene rings is 2. The van der Waals surface area contributed by atoms with Gasteiger partial charge in [0, 0.05) is 20.1 Å². The number of nitrogens with two attached hydrogens (primary N) is 1. The summed E-state index contributed by atoms with van der Waals surface area (Å²) in [5, 5.41) is 12.9. The van der Waals surface area contributed by atoms with Crippen LogP contribution < -0.4 is 10.5 Å². The highest BCUT2D eigenvalue weighted by Crippen LogP contribution is 2.26. The first-order valence-corrected chi connectivity index (χ1v) is 7.40. The molecule has 0 saturated heterocycles. The SMILES string of the molecule is N/C(=N/O)c1cc(Br)ccc1OCc1cc(Cl)ccc1Cl. The van der Waals surface area contributed by atoms with Crippen molar-refractivity contribution in [2.24, 2.45) is 10.9 Å². The topological polar surface area (TPSA) is 67.8 Å². The average molecular weight is 390 g/mol. The summed E-state index contributed by atoms with van der Waals surface area (Å²) in [7, 11) is 0. The monoisotopic (exact) mass is 388 g/mol. The highest BCUT2D eigenvalue weighted by atomic mass is 79.9. The first kappa shape index (κ1) is 15.9. The van der Waals surface area contributed by atoms with Crippen LogP contribution in [0.1, 0.15) is 11.1 Å². The van der Waals surface area contributed by atoms with Crippen molar-refractivity contribution in [3.63, 3.8) is 0 Å². The number of hydrogen-bond donors (Lipinski definition) is 2. The Morgan fingerprint density at radius 1 is 1.24 bits per heavy atom. The van der Waals surface area contributed by atoms with Crippen molar-refractivity contribution in [2.75, 3.05) is 0 Å². The van der Waals surface area contributed by atoms with Crippen molar-refractivity contribution < 1.29 is 9.94 Å². The highest BCUT2D eigenvalue weighted by molar-refractivity contribution is 9.10. The fourth-order valence-corrected chi connectivity index (χ4v) is 2.42. The van der Waals surface area contributed by atoms with Crippen molar-refractivity contribution >= 4 is 45.0 Å². The van der Waals surface area contributed by atoms with Crippen LogP contribution in [0.2, 0.25) is 10.0 Å². The lowest BCUT2D eigenvalue weighted by Gasteiger charge is -2.12. The summed E-state index contributed by atoms with van der Waals surface area (Å²) < 4.78 is 6.49. The van der Waals surface area contributed by atoms with Gasteiger partial charge in [-0.1, -0.05) is 44.3 Å². The van der Waals surface area contributed by atoms with E-state index in [2.05, 4.69) is 21.1 Å². The number of ether oxygens (including phenoxy) is 1. The van der Waals surface area contributed by atoms with Gasteiger partial charge in [0.15, 0.2) is 5.84 Å². The molecule has 0 aliphatic heterocycles. The zero-order valence-electron chi connectivity index (χ0n) is 10.7. The van der Waals surface area contributed by atoms with E-state index in [4.69, 9.17) is 38.9 Å². The number of amidine groups is 1. The highest BCUT2D eigenvalue weighted by Gasteiger charge is 2.10. The Balaban J connectivity index is 2.26. The number of nitrogens with zero attached hydrogens (tertiary/aromatic N) is 1. The molecule has 0 radical (unpaired) electrons. The summed E-state index contributed by atoms with van der Waals surface area (Å²) >= 11 is 15.3. The summed E-state index contributed by atoms with van der Waals surface area (Å²) in [5.41, 5.74) is 6.86. The Morgan fingerprint density at radius 2 is 2.00 bits per heavy atom. The Labute approximate surface area is 140 Å². The fourth-order valence-electron chi connectivity index (χ4n) is 1.69. The predicted molar refractivity (Wildman–Crippen MR) is 87.4 cm³/mol. The van der Waals surface area contributed by atoms with Crippen LogP contribution in [0.4, 0.5) is 0 Å². The molecule has 2 aromatic rings. The Kier molecular flexibility index (Phi) is 5.33. The molecule has 2 aromatic carbocycles. The molecule has 4 nitrogen and oxygen atoms in total. The van der Waals surface area contributed by atoms with Gasteiger partial charge in [0.25, 0.3) is 0 Å². The molecule has 0 aliphatic rings. The summed E-state index contributed by atoms with van der Waals surface area (Å²) in [6, 6.07) is 10.3. The molecule has 0 heterocycles. The van der Waals surface area contributed by atoms with Crippen LogP contribution >= 0.6 is 39.1 Å². The third kappa shape index (κ3) is 4.03. The molecule has 0 spiro atoms. The van der Waals surface area contributed by atoms with Gasteiger partial charge < -0.3 is 15.7 Å². The van der Waals surface area contributed by atoms with E-state index in [1.54, 1.807) is 36.4 Å². The number of oxime groups is 1. The first-order valence-electron chi connectivity index (χ1n) is 5.85. The fraction of sp³-hybridized carbons (Fsp3) is 0.0714. The minimum Gasteiger partial charge on any atom is -0.488 e. The van der Waals surface area contributed by atoms with Gasteiger partial charge >= 0.3 is 0 Å². The molecule has 0 aliphatic carbocycles. The zero-order chi connectivity index (χ0) is 15.4. The van der Waals surface area contributed by atoms with Gasteiger partial charge in [-0.05, 0) is 36.4 Å². The lowest BCUT2D eigenvalue weighted by Crippen LogP contribution is -2.15. The molecule has 0 unspecified atom stereocenters. The van der Waals surface area contributed by atoms with Crippen LogP contribution in [0.15, 0.2) is 46.0 Å². The van der Waals surface area contributed by atoms with Gasteiger partial charge in [-0.2, -0.15) is 0 Å². The molecule has 2 rings (SSSR count). The average Bonchev–Trinajstić information content (AvgIpc) is 2.48. The van der Waals surface area contributed by atoms with Crippen LogP contribution in [-0.4, -0.2) is 11.0 Å². The molecule has 0 aromatic heterocycles. The third-order valence-electron chi connectivity index (χ3n) is 2.72. The maximum absolute atomic E-state index is 8.82. The quantitative estimate of drug-likeness (QED) is 0.351. The van der Waals surface area contributed by atoms with Crippen LogP contribution in [-0.2, 0) is 6.61 Å². The number of hydrogen-bond acceptors (Lipinski definition) is 3. The van der Waals surface area contributed by atoms with E-state index in [1.807, 2.05) is 0 Å². The third-order valence-corrected chi connectivity index (χ3v) is 3.81. The van der Waals surface area contributed by atoms with E-state index in [1.165, 1.54) is 0 Å². The van der Waals surface area contributed by atoms with Crippen LogP contribution in [0.3, 0.4) is 0 Å². The summed E-state index contributed by atoms with van der Waals surface area (Å²) in [4.78, 5) is 0. The second-order valence-corrected chi connectivity index (χ2v) is 5.91. The molecule has 0 atom stereocenters. The predicted octanol–water partition coefficient (Wildman–Crippen LogP) is 4.43. The number of rotatable bonds is 4. The Morgan fingerprint density at radius 3 is 2.71 bits per heavy atom. The second-order valence-electron chi connectivity index (χ2n) is 4.15. The van der Waals surface area contributed by atoms with Gasteiger partial charge in [0.05, 0.1) is 5.56 Å². The van der Waals surface area contributed by atoms with Gasteiger partial charge in [0.1, 0.15) is 12.4 Å². The van der Waals surface area contributed by atoms with Crippen LogP contribution in [0.5, 0.6) is 5.75 Å². The first-order chi connectivity index (χ1) is 10.0. The van der Waals surface area contributed by atoms with Gasteiger partial charge in [0.2, 0.25) is 0 Å². The smallest absolute Gasteiger partial charge is 0.173 e. The standard InChI is InChI=1S/C14H11BrCl2N2O2/c15-9-1-4-13(11(6-9)14(18)19-20)21-7-8-5-10(16)2-3-12(8)17/h1-6,20H,7H2,(H2,18,19). The van der Waals surface area contributed by atoms with Crippen LogP contribution in [0.25, 0.3) is 0 Å². The maximum atomic E-state index is 8.82. The second kappa shape index (κ2) is 7.02. The molecular formula is C14H11BrCl2N2O2. The van der Waals surface area contributed by atoms with E-state index in [9.17, 15) is 0 Å². The minimum atomic E-state index is -0.0384. The molecule has 0 fully saturated rings. The maximum Gasteiger partial charge on any atom is 0.173 e. The lowest BCUT2D eigenvalue weighted by molar-refractivity contribution is 0.303. The number of halogens is 3. The Bertz CT molecular complexity index is 693. The van der Waals surface area contributed by atoms with E-state index in [0.717, 1.165) is 10.0 Å². The van der Waals surface area contributed by atoms with Crippen molar-refractivity contribution in [1.82, 2.24) is 0 Å². The van der Waals surface area contributed by atoms with Crippen LogP contribution in [0, 0.1) is 0 Å².